The number of carboxylic acid groups (broad SMARTS) is 1. The van der Waals surface area contributed by atoms with Crippen molar-refractivity contribution in [1.29, 1.82) is 0 Å². The summed E-state index contributed by atoms with van der Waals surface area (Å²) in [4.78, 5) is 8.44. The molecule has 0 aliphatic rings. The Morgan fingerprint density at radius 1 is 1.50 bits per heavy atom. The quantitative estimate of drug-likeness (QED) is 0.430. The van der Waals surface area contributed by atoms with Gasteiger partial charge in [0.1, 0.15) is 0 Å². The fourth-order valence-corrected chi connectivity index (χ4v) is 1.27. The number of halogens is 1. The Balaban J connectivity index is 0. The minimum absolute atomic E-state index is 0. The largest absolute Gasteiger partial charge is 0.483 e. The second-order valence-corrected chi connectivity index (χ2v) is 4.35. The SMILES string of the molecule is O=CO.O=S(=O)(Cl)c1c[c-]ccc1.[Re]. The van der Waals surface area contributed by atoms with Crippen molar-refractivity contribution in [2.75, 3.05) is 0 Å². The summed E-state index contributed by atoms with van der Waals surface area (Å²) in [5.41, 5.74) is 0. The maximum atomic E-state index is 10.6. The number of benzene rings is 1. The Kier molecular flexibility index (Phi) is 9.10. The first kappa shape index (κ1) is 16.0. The zero-order valence-electron chi connectivity index (χ0n) is 6.72. The molecule has 0 atom stereocenters. The molecule has 0 unspecified atom stereocenters. The van der Waals surface area contributed by atoms with E-state index in [-0.39, 0.29) is 31.8 Å². The van der Waals surface area contributed by atoms with Crippen LogP contribution < -0.4 is 0 Å². The Morgan fingerprint density at radius 3 is 2.21 bits per heavy atom. The van der Waals surface area contributed by atoms with Crippen LogP contribution in [-0.2, 0) is 34.3 Å². The van der Waals surface area contributed by atoms with Crippen LogP contribution in [0.15, 0.2) is 29.2 Å². The predicted octanol–water partition coefficient (Wildman–Crippen LogP) is 1.11. The van der Waals surface area contributed by atoms with Gasteiger partial charge in [0, 0.05) is 31.1 Å². The summed E-state index contributed by atoms with van der Waals surface area (Å²) in [7, 11) is 1.45. The van der Waals surface area contributed by atoms with Crippen LogP contribution in [0.3, 0.4) is 0 Å². The summed E-state index contributed by atoms with van der Waals surface area (Å²) in [6.45, 7) is -0.250. The number of rotatable bonds is 1. The van der Waals surface area contributed by atoms with Crippen molar-refractivity contribution in [2.45, 2.75) is 4.90 Å². The van der Waals surface area contributed by atoms with E-state index in [2.05, 4.69) is 6.07 Å². The van der Waals surface area contributed by atoms with Crippen molar-refractivity contribution in [1.82, 2.24) is 0 Å². The van der Waals surface area contributed by atoms with Crippen molar-refractivity contribution < 1.29 is 38.7 Å². The summed E-state index contributed by atoms with van der Waals surface area (Å²) < 4.78 is 21.2. The first-order valence-corrected chi connectivity index (χ1v) is 5.32. The molecular formula is C7H6ClO4ReS-. The van der Waals surface area contributed by atoms with Crippen molar-refractivity contribution >= 4 is 26.2 Å². The van der Waals surface area contributed by atoms with E-state index in [1.807, 2.05) is 0 Å². The molecule has 79 valence electrons. The molecule has 1 aromatic rings. The van der Waals surface area contributed by atoms with E-state index in [1.54, 1.807) is 12.1 Å². The van der Waals surface area contributed by atoms with Gasteiger partial charge in [0.2, 0.25) is 9.05 Å². The average Bonchev–Trinajstić information content (AvgIpc) is 2.06. The zero-order chi connectivity index (χ0) is 10.3. The zero-order valence-corrected chi connectivity index (χ0v) is 11.0. The predicted molar refractivity (Wildman–Crippen MR) is 47.0 cm³/mol. The molecule has 0 fully saturated rings. The van der Waals surface area contributed by atoms with Crippen LogP contribution in [0.1, 0.15) is 0 Å². The molecule has 0 saturated heterocycles. The molecule has 0 heterocycles. The van der Waals surface area contributed by atoms with Gasteiger partial charge in [-0.1, -0.05) is 0 Å². The molecule has 1 aromatic carbocycles. The van der Waals surface area contributed by atoms with Crippen LogP contribution in [0.25, 0.3) is 0 Å². The van der Waals surface area contributed by atoms with E-state index in [1.165, 1.54) is 12.1 Å². The molecule has 0 aromatic heterocycles. The third-order valence-corrected chi connectivity index (χ3v) is 2.31. The first-order chi connectivity index (χ1) is 6.02. The molecule has 0 aliphatic carbocycles. The molecule has 14 heavy (non-hydrogen) atoms. The van der Waals surface area contributed by atoms with E-state index in [4.69, 9.17) is 20.6 Å². The van der Waals surface area contributed by atoms with Gasteiger partial charge in [-0.05, 0) is 4.90 Å². The Bertz CT molecular complexity index is 351. The van der Waals surface area contributed by atoms with Gasteiger partial charge in [-0.25, -0.2) is 8.42 Å². The van der Waals surface area contributed by atoms with Crippen LogP contribution in [0, 0.1) is 6.07 Å². The van der Waals surface area contributed by atoms with Gasteiger partial charge in [-0.15, -0.1) is 0 Å². The molecular weight excluding hydrogens is 402 g/mol. The van der Waals surface area contributed by atoms with Crippen LogP contribution >= 0.6 is 10.7 Å². The maximum absolute atomic E-state index is 10.6. The fraction of sp³-hybridized carbons (Fsp3) is 0. The van der Waals surface area contributed by atoms with Gasteiger partial charge >= 0.3 is 0 Å². The number of hydrogen-bond donors (Lipinski definition) is 1. The van der Waals surface area contributed by atoms with Gasteiger partial charge in [-0.2, -0.15) is 30.3 Å². The maximum Gasteiger partial charge on any atom is 0.290 e. The van der Waals surface area contributed by atoms with E-state index >= 15 is 0 Å². The van der Waals surface area contributed by atoms with Gasteiger partial charge < -0.3 is 5.11 Å². The molecule has 4 nitrogen and oxygen atoms in total. The smallest absolute Gasteiger partial charge is 0.290 e. The topological polar surface area (TPSA) is 71.4 Å². The second kappa shape index (κ2) is 7.95. The third-order valence-electron chi connectivity index (χ3n) is 0.960. The summed E-state index contributed by atoms with van der Waals surface area (Å²) >= 11 is 0. The minimum Gasteiger partial charge on any atom is -0.483 e. The molecule has 1 radical (unpaired) electrons. The summed E-state index contributed by atoms with van der Waals surface area (Å²) in [6, 6.07) is 8.51. The van der Waals surface area contributed by atoms with Crippen molar-refractivity contribution in [3.8, 4) is 0 Å². The van der Waals surface area contributed by atoms with E-state index in [9.17, 15) is 8.42 Å². The fourth-order valence-electron chi connectivity index (χ4n) is 0.529. The van der Waals surface area contributed by atoms with Crippen LogP contribution in [0.4, 0.5) is 0 Å². The normalized spacial score (nSPS) is 8.93. The molecule has 0 aliphatic heterocycles. The Hall–Kier alpha value is -0.408. The van der Waals surface area contributed by atoms with Crippen molar-refractivity contribution in [3.05, 3.63) is 30.3 Å². The summed E-state index contributed by atoms with van der Waals surface area (Å²) in [5.74, 6) is 0. The van der Waals surface area contributed by atoms with E-state index in [0.717, 1.165) is 0 Å². The minimum atomic E-state index is -3.56. The van der Waals surface area contributed by atoms with E-state index < -0.39 is 9.05 Å². The number of hydrogen-bond acceptors (Lipinski definition) is 3. The molecule has 0 spiro atoms. The monoisotopic (exact) mass is 408 g/mol. The average molecular weight is 408 g/mol. The number of carbonyl (C=O) groups is 1. The summed E-state index contributed by atoms with van der Waals surface area (Å²) in [5, 5.41) is 6.89. The van der Waals surface area contributed by atoms with Gasteiger partial charge in [0.15, 0.2) is 0 Å². The second-order valence-electron chi connectivity index (χ2n) is 1.78. The molecule has 1 rings (SSSR count). The van der Waals surface area contributed by atoms with E-state index in [0.29, 0.717) is 0 Å². The van der Waals surface area contributed by atoms with Gasteiger partial charge in [0.05, 0.1) is 0 Å². The van der Waals surface area contributed by atoms with Gasteiger partial charge in [0.25, 0.3) is 6.47 Å². The van der Waals surface area contributed by atoms with Crippen LogP contribution in [-0.4, -0.2) is 20.0 Å². The molecule has 0 saturated carbocycles. The van der Waals surface area contributed by atoms with Crippen molar-refractivity contribution in [3.63, 3.8) is 0 Å². The van der Waals surface area contributed by atoms with Gasteiger partial charge in [-0.3, -0.25) is 4.79 Å². The first-order valence-electron chi connectivity index (χ1n) is 3.01. The Labute approximate surface area is 100.0 Å². The molecule has 1 N–H and O–H groups in total. The standard InChI is InChI=1S/C6H4ClO2S.CH2O2.Re/c7-10(8,9)6-4-2-1-3-5-6;2-1-3;/h1-2,4-5H;1H,(H,2,3);/q-1;;. The molecule has 0 amide bonds. The molecule has 7 heteroatoms. The summed E-state index contributed by atoms with van der Waals surface area (Å²) in [6.07, 6.45) is 0. The Morgan fingerprint density at radius 2 is 2.00 bits per heavy atom. The van der Waals surface area contributed by atoms with Crippen molar-refractivity contribution in [2.24, 2.45) is 0 Å². The van der Waals surface area contributed by atoms with Crippen LogP contribution in [0.5, 0.6) is 0 Å². The van der Waals surface area contributed by atoms with Crippen LogP contribution in [0.2, 0.25) is 0 Å². The third kappa shape index (κ3) is 7.04. The molecule has 0 bridgehead atoms.